The predicted molar refractivity (Wildman–Crippen MR) is 127 cm³/mol. The van der Waals surface area contributed by atoms with E-state index < -0.39 is 0 Å². The van der Waals surface area contributed by atoms with E-state index in [1.807, 2.05) is 12.2 Å². The van der Waals surface area contributed by atoms with E-state index in [4.69, 9.17) is 22.1 Å². The summed E-state index contributed by atoms with van der Waals surface area (Å²) in [5.41, 5.74) is 40.1. The summed E-state index contributed by atoms with van der Waals surface area (Å²) < 4.78 is 0. The average molecular weight is 438 g/mol. The van der Waals surface area contributed by atoms with Crippen molar-refractivity contribution in [2.45, 2.75) is 26.2 Å². The van der Waals surface area contributed by atoms with Crippen molar-refractivity contribution in [1.29, 1.82) is 0 Å². The van der Waals surface area contributed by atoms with Crippen LogP contribution >= 0.6 is 0 Å². The normalized spacial score (nSPS) is 17.3. The van der Waals surface area contributed by atoms with E-state index in [2.05, 4.69) is 47.0 Å². The molecule has 0 unspecified atom stereocenters. The smallest absolute Gasteiger partial charge is 0.0543 e. The lowest BCUT2D eigenvalue weighted by Gasteiger charge is -2.24. The van der Waals surface area contributed by atoms with Crippen LogP contribution < -0.4 is 0 Å². The highest BCUT2D eigenvalue weighted by Crippen LogP contribution is 2.40. The van der Waals surface area contributed by atoms with Crippen LogP contribution in [0.25, 0.3) is 53.9 Å². The summed E-state index contributed by atoms with van der Waals surface area (Å²) in [7, 11) is 0. The van der Waals surface area contributed by atoms with Crippen LogP contribution in [0.3, 0.4) is 0 Å². The molecule has 2 aromatic carbocycles. The maximum absolute atomic E-state index is 8.95. The fraction of sp³-hybridized carbons (Fsp3) is 0.238. The first kappa shape index (κ1) is 22.8. The zero-order valence-electron chi connectivity index (χ0n) is 17.7. The highest BCUT2D eigenvalue weighted by Gasteiger charge is 2.18. The van der Waals surface area contributed by atoms with Gasteiger partial charge in [-0.2, -0.15) is 0 Å². The SMILES string of the molecule is CC1CC(=Cc2cccc(N=[N+]=[N-])c2N=[N+]=[N-])CC(=Cc2cccc(N=[N+]=[N-])c2N=[N+]=[N-])C1. The van der Waals surface area contributed by atoms with Gasteiger partial charge in [0.25, 0.3) is 0 Å². The predicted octanol–water partition coefficient (Wildman–Crippen LogP) is 9.74. The van der Waals surface area contributed by atoms with Crippen LogP contribution in [0.1, 0.15) is 37.3 Å². The molecule has 0 radical (unpaired) electrons. The number of azide groups is 4. The molecule has 12 nitrogen and oxygen atoms in total. The van der Waals surface area contributed by atoms with Gasteiger partial charge in [-0.3, -0.25) is 0 Å². The van der Waals surface area contributed by atoms with Crippen LogP contribution in [-0.4, -0.2) is 0 Å². The summed E-state index contributed by atoms with van der Waals surface area (Å²) in [6, 6.07) is 10.3. The number of benzene rings is 2. The Morgan fingerprint density at radius 1 is 0.697 bits per heavy atom. The molecule has 0 heterocycles. The fourth-order valence-corrected chi connectivity index (χ4v) is 3.96. The van der Waals surface area contributed by atoms with Gasteiger partial charge in [0.1, 0.15) is 0 Å². The zero-order valence-corrected chi connectivity index (χ0v) is 17.7. The summed E-state index contributed by atoms with van der Waals surface area (Å²) in [5.74, 6) is 0.350. The highest BCUT2D eigenvalue weighted by atomic mass is 15.2. The molecule has 0 N–H and O–H groups in total. The van der Waals surface area contributed by atoms with Gasteiger partial charge in [-0.25, -0.2) is 0 Å². The van der Waals surface area contributed by atoms with E-state index >= 15 is 0 Å². The Morgan fingerprint density at radius 2 is 1.12 bits per heavy atom. The summed E-state index contributed by atoms with van der Waals surface area (Å²) in [5, 5.41) is 14.7. The fourth-order valence-electron chi connectivity index (χ4n) is 3.96. The molecule has 0 atom stereocenters. The van der Waals surface area contributed by atoms with Gasteiger partial charge in [0, 0.05) is 31.0 Å². The third-order valence-electron chi connectivity index (χ3n) is 5.08. The molecule has 0 amide bonds. The van der Waals surface area contributed by atoms with E-state index in [0.29, 0.717) is 23.5 Å². The van der Waals surface area contributed by atoms with Crippen LogP contribution in [0.15, 0.2) is 68.0 Å². The molecule has 0 aliphatic heterocycles. The van der Waals surface area contributed by atoms with Gasteiger partial charge in [0.2, 0.25) is 0 Å². The van der Waals surface area contributed by atoms with Gasteiger partial charge in [-0.1, -0.05) is 87.1 Å². The number of hydrogen-bond donors (Lipinski definition) is 0. The Hall–Kier alpha value is -4.84. The second kappa shape index (κ2) is 11.0. The molecule has 1 aliphatic carbocycles. The molecule has 0 aromatic heterocycles. The highest BCUT2D eigenvalue weighted by molar-refractivity contribution is 5.78. The monoisotopic (exact) mass is 438 g/mol. The van der Waals surface area contributed by atoms with E-state index in [0.717, 1.165) is 24.0 Å². The topological polar surface area (TPSA) is 195 Å². The van der Waals surface area contributed by atoms with Crippen molar-refractivity contribution in [1.82, 2.24) is 0 Å². The van der Waals surface area contributed by atoms with Crippen LogP contribution in [-0.2, 0) is 0 Å². The van der Waals surface area contributed by atoms with E-state index in [9.17, 15) is 0 Å². The molecule has 3 rings (SSSR count). The van der Waals surface area contributed by atoms with E-state index in [-0.39, 0.29) is 22.7 Å². The van der Waals surface area contributed by atoms with Crippen molar-refractivity contribution in [3.05, 3.63) is 100 Å². The van der Waals surface area contributed by atoms with Crippen LogP contribution in [0.5, 0.6) is 0 Å². The van der Waals surface area contributed by atoms with Gasteiger partial charge in [-0.05, 0) is 58.4 Å². The van der Waals surface area contributed by atoms with Crippen molar-refractivity contribution in [2.24, 2.45) is 26.4 Å². The minimum atomic E-state index is 0.262. The molecular weight excluding hydrogens is 420 g/mol. The first-order valence-corrected chi connectivity index (χ1v) is 9.95. The van der Waals surface area contributed by atoms with Gasteiger partial charge in [0.05, 0.1) is 11.4 Å². The molecule has 1 fully saturated rings. The lowest BCUT2D eigenvalue weighted by Crippen LogP contribution is -2.07. The lowest BCUT2D eigenvalue weighted by atomic mass is 9.81. The van der Waals surface area contributed by atoms with Gasteiger partial charge in [0.15, 0.2) is 0 Å². The maximum atomic E-state index is 8.95. The molecule has 33 heavy (non-hydrogen) atoms. The largest absolute Gasteiger partial charge is 0.0653 e. The molecule has 0 spiro atoms. The van der Waals surface area contributed by atoms with Crippen LogP contribution in [0, 0.1) is 5.92 Å². The summed E-state index contributed by atoms with van der Waals surface area (Å²) in [6.07, 6.45) is 6.26. The molecule has 12 heteroatoms. The Balaban J connectivity index is 2.05. The third kappa shape index (κ3) is 5.65. The molecule has 162 valence electrons. The quantitative estimate of drug-likeness (QED) is 0.235. The molecule has 2 aromatic rings. The molecule has 0 bridgehead atoms. The lowest BCUT2D eigenvalue weighted by molar-refractivity contribution is 0.528. The van der Waals surface area contributed by atoms with Crippen LogP contribution in [0.4, 0.5) is 22.7 Å². The third-order valence-corrected chi connectivity index (χ3v) is 5.08. The second-order valence-electron chi connectivity index (χ2n) is 7.48. The van der Waals surface area contributed by atoms with E-state index in [1.54, 1.807) is 36.4 Å². The zero-order chi connectivity index (χ0) is 23.6. The second-order valence-corrected chi connectivity index (χ2v) is 7.48. The molecule has 1 aliphatic rings. The summed E-state index contributed by atoms with van der Waals surface area (Å²) in [6.45, 7) is 2.14. The number of nitrogens with zero attached hydrogens (tertiary/aromatic N) is 12. The van der Waals surface area contributed by atoms with Gasteiger partial charge >= 0.3 is 0 Å². The van der Waals surface area contributed by atoms with Crippen molar-refractivity contribution >= 4 is 34.9 Å². The first-order chi connectivity index (χ1) is 16.1. The van der Waals surface area contributed by atoms with Crippen molar-refractivity contribution < 1.29 is 0 Å². The minimum absolute atomic E-state index is 0.262. The number of rotatable bonds is 6. The maximum Gasteiger partial charge on any atom is 0.0543 e. The van der Waals surface area contributed by atoms with Gasteiger partial charge < -0.3 is 0 Å². The molecule has 0 saturated heterocycles. The summed E-state index contributed by atoms with van der Waals surface area (Å²) in [4.78, 5) is 11.3. The van der Waals surface area contributed by atoms with Crippen molar-refractivity contribution in [3.63, 3.8) is 0 Å². The Labute approximate surface area is 188 Å². The number of hydrogen-bond acceptors (Lipinski definition) is 4. The molecule has 1 saturated carbocycles. The minimum Gasteiger partial charge on any atom is -0.0653 e. The number of allylic oxidation sites excluding steroid dienone is 2. The Morgan fingerprint density at radius 3 is 1.52 bits per heavy atom. The average Bonchev–Trinajstić information content (AvgIpc) is 2.78. The summed E-state index contributed by atoms with van der Waals surface area (Å²) >= 11 is 0. The first-order valence-electron chi connectivity index (χ1n) is 9.95. The van der Waals surface area contributed by atoms with E-state index in [1.165, 1.54) is 0 Å². The standard InChI is InChI=1S/C21H18N12/c1-13-8-14(11-16-4-2-6-18(26-30-22)20(16)28-32-24)10-15(9-13)12-17-5-3-7-19(27-31-23)21(17)29-33-25/h2-7,11-13H,8-10H2,1H3. The Bertz CT molecular complexity index is 1230. The van der Waals surface area contributed by atoms with Gasteiger partial charge in [-0.15, -0.1) is 0 Å². The molecular formula is C21H18N12. The van der Waals surface area contributed by atoms with Crippen molar-refractivity contribution in [2.75, 3.05) is 0 Å². The van der Waals surface area contributed by atoms with Crippen LogP contribution in [0.2, 0.25) is 0 Å². The Kier molecular flexibility index (Phi) is 7.59. The van der Waals surface area contributed by atoms with Crippen molar-refractivity contribution in [3.8, 4) is 0 Å².